The zero-order valence-electron chi connectivity index (χ0n) is 16.1. The highest BCUT2D eigenvalue weighted by Gasteiger charge is 2.32. The third-order valence-corrected chi connectivity index (χ3v) is 7.09. The number of hydrogen-bond donors (Lipinski definition) is 1. The SMILES string of the molecule is C#Cc1c(C(=O)O)cccc1-c1ccc2c(c1)C(S(=O)(=O)CC)=CCC2(C)C. The second-order valence-electron chi connectivity index (χ2n) is 7.50. The molecule has 1 N–H and O–H groups in total. The van der Waals surface area contributed by atoms with Gasteiger partial charge in [-0.1, -0.05) is 57.0 Å². The summed E-state index contributed by atoms with van der Waals surface area (Å²) in [4.78, 5) is 11.9. The normalized spacial score (nSPS) is 15.3. The highest BCUT2D eigenvalue weighted by molar-refractivity contribution is 8.00. The summed E-state index contributed by atoms with van der Waals surface area (Å²) in [5.74, 6) is 1.41. The first kappa shape index (κ1) is 19.9. The molecule has 0 fully saturated rings. The molecule has 4 nitrogen and oxygen atoms in total. The first-order chi connectivity index (χ1) is 13.1. The Labute approximate surface area is 165 Å². The van der Waals surface area contributed by atoms with Gasteiger partial charge in [-0.25, -0.2) is 13.2 Å². The minimum Gasteiger partial charge on any atom is -0.478 e. The Hall–Kier alpha value is -2.84. The number of carbonyl (C=O) groups is 1. The largest absolute Gasteiger partial charge is 0.478 e. The van der Waals surface area contributed by atoms with E-state index in [1.807, 2.05) is 18.2 Å². The van der Waals surface area contributed by atoms with Crippen molar-refractivity contribution in [2.24, 2.45) is 0 Å². The maximum Gasteiger partial charge on any atom is 0.336 e. The number of carboxylic acids is 1. The smallest absolute Gasteiger partial charge is 0.336 e. The predicted molar refractivity (Wildman–Crippen MR) is 112 cm³/mol. The van der Waals surface area contributed by atoms with Crippen LogP contribution in [0.15, 0.2) is 42.5 Å². The number of benzene rings is 2. The summed E-state index contributed by atoms with van der Waals surface area (Å²) < 4.78 is 25.3. The van der Waals surface area contributed by atoms with Crippen LogP contribution >= 0.6 is 0 Å². The fourth-order valence-electron chi connectivity index (χ4n) is 3.65. The maximum atomic E-state index is 12.7. The number of terminal acetylenes is 1. The molecule has 0 amide bonds. The lowest BCUT2D eigenvalue weighted by Crippen LogP contribution is -2.24. The minimum absolute atomic E-state index is 0.0209. The second-order valence-corrected chi connectivity index (χ2v) is 9.74. The van der Waals surface area contributed by atoms with Crippen LogP contribution in [0.5, 0.6) is 0 Å². The highest BCUT2D eigenvalue weighted by Crippen LogP contribution is 2.43. The number of allylic oxidation sites excluding steroid dienone is 1. The molecule has 1 aliphatic carbocycles. The molecule has 3 rings (SSSR count). The Morgan fingerprint density at radius 1 is 1.21 bits per heavy atom. The fourth-order valence-corrected chi connectivity index (χ4v) is 4.80. The van der Waals surface area contributed by atoms with Crippen molar-refractivity contribution in [2.75, 3.05) is 5.75 Å². The first-order valence-electron chi connectivity index (χ1n) is 9.03. The molecule has 0 atom stereocenters. The van der Waals surface area contributed by atoms with Crippen LogP contribution < -0.4 is 0 Å². The van der Waals surface area contributed by atoms with Crippen LogP contribution in [0.3, 0.4) is 0 Å². The van der Waals surface area contributed by atoms with Gasteiger partial charge >= 0.3 is 5.97 Å². The van der Waals surface area contributed by atoms with Crippen LogP contribution in [0.2, 0.25) is 0 Å². The fraction of sp³-hybridized carbons (Fsp3) is 0.261. The molecule has 0 spiro atoms. The van der Waals surface area contributed by atoms with Gasteiger partial charge in [0.2, 0.25) is 0 Å². The summed E-state index contributed by atoms with van der Waals surface area (Å²) in [5, 5.41) is 9.43. The van der Waals surface area contributed by atoms with Gasteiger partial charge in [0.1, 0.15) is 0 Å². The van der Waals surface area contributed by atoms with Gasteiger partial charge in [0.15, 0.2) is 9.84 Å². The standard InChI is InChI=1S/C23H22O4S/c1-5-16-17(8-7-9-18(16)22(24)25)15-10-11-20-19(14-15)21(28(26,27)6-2)12-13-23(20,3)4/h1,7-12,14H,6,13H2,2-4H3,(H,24,25). The molecule has 2 aromatic rings. The lowest BCUT2D eigenvalue weighted by atomic mass is 9.75. The van der Waals surface area contributed by atoms with E-state index in [9.17, 15) is 18.3 Å². The maximum absolute atomic E-state index is 12.7. The van der Waals surface area contributed by atoms with E-state index in [-0.39, 0.29) is 22.3 Å². The molecule has 0 aromatic heterocycles. The van der Waals surface area contributed by atoms with E-state index < -0.39 is 15.8 Å². The van der Waals surface area contributed by atoms with Gasteiger partial charge in [-0.2, -0.15) is 0 Å². The van der Waals surface area contributed by atoms with Gasteiger partial charge in [-0.15, -0.1) is 6.42 Å². The molecular formula is C23H22O4S. The molecule has 1 aliphatic rings. The Bertz CT molecular complexity index is 1150. The van der Waals surface area contributed by atoms with E-state index in [0.29, 0.717) is 28.0 Å². The number of hydrogen-bond acceptors (Lipinski definition) is 3. The average molecular weight is 394 g/mol. The van der Waals surface area contributed by atoms with Crippen molar-refractivity contribution in [3.05, 3.63) is 64.7 Å². The van der Waals surface area contributed by atoms with Crippen molar-refractivity contribution in [3.8, 4) is 23.5 Å². The average Bonchev–Trinajstić information content (AvgIpc) is 2.66. The van der Waals surface area contributed by atoms with Gasteiger partial charge in [0, 0.05) is 5.56 Å². The highest BCUT2D eigenvalue weighted by atomic mass is 32.2. The number of carboxylic acid groups (broad SMARTS) is 1. The molecule has 0 bridgehead atoms. The third kappa shape index (κ3) is 3.25. The Morgan fingerprint density at radius 3 is 2.54 bits per heavy atom. The molecule has 0 unspecified atom stereocenters. The summed E-state index contributed by atoms with van der Waals surface area (Å²) in [6.07, 6.45) is 8.03. The van der Waals surface area contributed by atoms with Crippen LogP contribution in [-0.2, 0) is 15.3 Å². The number of fused-ring (bicyclic) bond motifs is 1. The van der Waals surface area contributed by atoms with Crippen molar-refractivity contribution in [3.63, 3.8) is 0 Å². The third-order valence-electron chi connectivity index (χ3n) is 5.28. The zero-order valence-corrected chi connectivity index (χ0v) is 16.9. The summed E-state index contributed by atoms with van der Waals surface area (Å²) in [6.45, 7) is 5.79. The summed E-state index contributed by atoms with van der Waals surface area (Å²) in [6, 6.07) is 10.5. The van der Waals surface area contributed by atoms with E-state index in [1.165, 1.54) is 6.07 Å². The van der Waals surface area contributed by atoms with Crippen LogP contribution in [0.1, 0.15) is 54.2 Å². The van der Waals surface area contributed by atoms with Gasteiger partial charge in [0.05, 0.1) is 16.2 Å². The molecule has 144 valence electrons. The van der Waals surface area contributed by atoms with E-state index in [2.05, 4.69) is 19.8 Å². The molecule has 0 radical (unpaired) electrons. The van der Waals surface area contributed by atoms with Crippen LogP contribution in [-0.4, -0.2) is 25.2 Å². The molecule has 5 heteroatoms. The molecule has 0 aliphatic heterocycles. The van der Waals surface area contributed by atoms with Crippen molar-refractivity contribution in [2.45, 2.75) is 32.6 Å². The molecule has 0 saturated heterocycles. The topological polar surface area (TPSA) is 71.4 Å². The second kappa shape index (κ2) is 6.96. The van der Waals surface area contributed by atoms with Crippen molar-refractivity contribution in [1.29, 1.82) is 0 Å². The zero-order chi connectivity index (χ0) is 20.7. The van der Waals surface area contributed by atoms with Crippen LogP contribution in [0.4, 0.5) is 0 Å². The van der Waals surface area contributed by atoms with Crippen LogP contribution in [0, 0.1) is 12.3 Å². The summed E-state index contributed by atoms with van der Waals surface area (Å²) >= 11 is 0. The van der Waals surface area contributed by atoms with E-state index >= 15 is 0 Å². The van der Waals surface area contributed by atoms with Gasteiger partial charge in [-0.3, -0.25) is 0 Å². The van der Waals surface area contributed by atoms with Gasteiger partial charge < -0.3 is 5.11 Å². The van der Waals surface area contributed by atoms with Gasteiger partial charge in [-0.05, 0) is 46.2 Å². The molecule has 28 heavy (non-hydrogen) atoms. The monoisotopic (exact) mass is 394 g/mol. The molecule has 0 heterocycles. The Balaban J connectivity index is 2.29. The van der Waals surface area contributed by atoms with Crippen molar-refractivity contribution >= 4 is 20.7 Å². The van der Waals surface area contributed by atoms with E-state index in [1.54, 1.807) is 25.1 Å². The summed E-state index contributed by atoms with van der Waals surface area (Å²) in [5.41, 5.74) is 3.07. The number of rotatable bonds is 4. The van der Waals surface area contributed by atoms with Crippen molar-refractivity contribution < 1.29 is 18.3 Å². The minimum atomic E-state index is -3.39. The van der Waals surface area contributed by atoms with E-state index in [0.717, 1.165) is 5.56 Å². The Morgan fingerprint density at radius 2 is 1.93 bits per heavy atom. The Kier molecular flexibility index (Phi) is 4.95. The first-order valence-corrected chi connectivity index (χ1v) is 10.7. The summed E-state index contributed by atoms with van der Waals surface area (Å²) in [7, 11) is -3.39. The lowest BCUT2D eigenvalue weighted by Gasteiger charge is -2.32. The molecular weight excluding hydrogens is 372 g/mol. The predicted octanol–water partition coefficient (Wildman–Crippen LogP) is 4.49. The van der Waals surface area contributed by atoms with Crippen molar-refractivity contribution in [1.82, 2.24) is 0 Å². The molecule has 0 saturated carbocycles. The number of aromatic carboxylic acids is 1. The van der Waals surface area contributed by atoms with E-state index in [4.69, 9.17) is 6.42 Å². The molecule has 2 aromatic carbocycles. The number of sulfone groups is 1. The van der Waals surface area contributed by atoms with Crippen LogP contribution in [0.25, 0.3) is 16.0 Å². The quantitative estimate of drug-likeness (QED) is 0.776. The lowest BCUT2D eigenvalue weighted by molar-refractivity contribution is 0.0696. The van der Waals surface area contributed by atoms with Gasteiger partial charge in [0.25, 0.3) is 0 Å².